The van der Waals surface area contributed by atoms with Crippen LogP contribution in [0.3, 0.4) is 0 Å². The molecule has 32 heavy (non-hydrogen) atoms. The summed E-state index contributed by atoms with van der Waals surface area (Å²) in [6.07, 6.45) is 4.98. The first kappa shape index (κ1) is 21.8. The van der Waals surface area contributed by atoms with Crippen LogP contribution < -0.4 is 15.4 Å². The van der Waals surface area contributed by atoms with Crippen molar-refractivity contribution in [3.8, 4) is 17.2 Å². The lowest BCUT2D eigenvalue weighted by Crippen LogP contribution is -2.31. The molecule has 1 amide bonds. The van der Waals surface area contributed by atoms with E-state index in [2.05, 4.69) is 25.7 Å². The molecule has 8 heteroatoms. The summed E-state index contributed by atoms with van der Waals surface area (Å²) in [7, 11) is 1.57. The summed E-state index contributed by atoms with van der Waals surface area (Å²) >= 11 is 0. The fourth-order valence-corrected chi connectivity index (χ4v) is 3.82. The monoisotopic (exact) mass is 435 g/mol. The van der Waals surface area contributed by atoms with E-state index >= 15 is 0 Å². The molecule has 0 unspecified atom stereocenters. The third kappa shape index (κ3) is 5.64. The van der Waals surface area contributed by atoms with Gasteiger partial charge in [-0.1, -0.05) is 29.7 Å². The number of hydrogen-bond donors (Lipinski definition) is 2. The maximum absolute atomic E-state index is 12.4. The van der Waals surface area contributed by atoms with Gasteiger partial charge in [-0.25, -0.2) is 0 Å². The second-order valence-corrected chi connectivity index (χ2v) is 7.83. The highest BCUT2D eigenvalue weighted by Crippen LogP contribution is 2.32. The molecule has 0 aliphatic carbocycles. The van der Waals surface area contributed by atoms with Crippen molar-refractivity contribution in [1.29, 1.82) is 0 Å². The average molecular weight is 436 g/mol. The number of benzene rings is 2. The molecule has 1 aliphatic rings. The first-order valence-electron chi connectivity index (χ1n) is 11.1. The van der Waals surface area contributed by atoms with Crippen molar-refractivity contribution < 1.29 is 13.9 Å². The van der Waals surface area contributed by atoms with Crippen molar-refractivity contribution in [3.05, 3.63) is 54.1 Å². The second kappa shape index (κ2) is 10.8. The van der Waals surface area contributed by atoms with Crippen molar-refractivity contribution in [1.82, 2.24) is 15.1 Å². The van der Waals surface area contributed by atoms with Crippen molar-refractivity contribution in [2.24, 2.45) is 0 Å². The van der Waals surface area contributed by atoms with Gasteiger partial charge in [-0.3, -0.25) is 4.79 Å². The normalized spacial score (nSPS) is 14.2. The zero-order valence-corrected chi connectivity index (χ0v) is 18.3. The van der Waals surface area contributed by atoms with Gasteiger partial charge in [-0.2, -0.15) is 0 Å². The molecule has 3 aromatic rings. The lowest BCUT2D eigenvalue weighted by Gasteiger charge is -2.26. The minimum Gasteiger partial charge on any atom is -0.496 e. The highest BCUT2D eigenvalue weighted by molar-refractivity contribution is 6.04. The number of likely N-dealkylation sites (tertiary alicyclic amines) is 1. The number of carbonyl (C=O) groups excluding carboxylic acids is 1. The largest absolute Gasteiger partial charge is 0.496 e. The molecule has 1 fully saturated rings. The summed E-state index contributed by atoms with van der Waals surface area (Å²) in [4.78, 5) is 14.9. The minimum atomic E-state index is -0.186. The topological polar surface area (TPSA) is 92.5 Å². The minimum absolute atomic E-state index is 0.186. The Hall–Kier alpha value is -3.39. The highest BCUT2D eigenvalue weighted by atomic mass is 16.5. The summed E-state index contributed by atoms with van der Waals surface area (Å²) in [5.74, 6) is 0.715. The Morgan fingerprint density at radius 3 is 2.69 bits per heavy atom. The molecule has 0 saturated carbocycles. The van der Waals surface area contributed by atoms with E-state index in [-0.39, 0.29) is 5.91 Å². The van der Waals surface area contributed by atoms with Crippen LogP contribution in [0.1, 0.15) is 36.0 Å². The van der Waals surface area contributed by atoms with E-state index in [0.717, 1.165) is 19.5 Å². The molecule has 0 bridgehead atoms. The molecule has 2 heterocycles. The molecule has 8 nitrogen and oxygen atoms in total. The van der Waals surface area contributed by atoms with Crippen LogP contribution in [-0.4, -0.2) is 54.3 Å². The molecule has 1 saturated heterocycles. The molecule has 2 aromatic carbocycles. The van der Waals surface area contributed by atoms with Crippen molar-refractivity contribution >= 4 is 17.6 Å². The van der Waals surface area contributed by atoms with Gasteiger partial charge in [-0.05, 0) is 63.2 Å². The van der Waals surface area contributed by atoms with Gasteiger partial charge in [-0.15, -0.1) is 5.10 Å². The van der Waals surface area contributed by atoms with E-state index in [4.69, 9.17) is 9.15 Å². The van der Waals surface area contributed by atoms with Gasteiger partial charge in [0.05, 0.1) is 12.7 Å². The Morgan fingerprint density at radius 2 is 1.91 bits per heavy atom. The van der Waals surface area contributed by atoms with Crippen LogP contribution in [0.5, 0.6) is 5.75 Å². The smallest absolute Gasteiger partial charge is 0.315 e. The maximum Gasteiger partial charge on any atom is 0.315 e. The van der Waals surface area contributed by atoms with E-state index in [0.29, 0.717) is 34.5 Å². The van der Waals surface area contributed by atoms with Gasteiger partial charge in [0.2, 0.25) is 0 Å². The Morgan fingerprint density at radius 1 is 1.09 bits per heavy atom. The number of nitrogens with one attached hydrogen (secondary N) is 2. The summed E-state index contributed by atoms with van der Waals surface area (Å²) in [5, 5.41) is 14.3. The average Bonchev–Trinajstić information content (AvgIpc) is 3.31. The number of hydrogen-bond acceptors (Lipinski definition) is 7. The van der Waals surface area contributed by atoms with Crippen molar-refractivity contribution in [3.63, 3.8) is 0 Å². The van der Waals surface area contributed by atoms with E-state index in [1.54, 1.807) is 37.4 Å². The van der Waals surface area contributed by atoms with E-state index < -0.39 is 0 Å². The third-order valence-electron chi connectivity index (χ3n) is 5.53. The van der Waals surface area contributed by atoms with Crippen LogP contribution >= 0.6 is 0 Å². The Balaban J connectivity index is 1.35. The standard InChI is InChI=1S/C24H29N5O3/c1-31-21-17-19(26-22(30)18-9-4-2-5-10-18)11-12-20(21)23-27-28-24(32-23)25-13-8-16-29-14-6-3-7-15-29/h2,4-5,9-12,17H,3,6-8,13-16H2,1H3,(H,25,28)(H,26,30). The summed E-state index contributed by atoms with van der Waals surface area (Å²) in [6.45, 7) is 4.26. The number of piperidine rings is 1. The molecule has 0 radical (unpaired) electrons. The van der Waals surface area contributed by atoms with Crippen LogP contribution in [0.2, 0.25) is 0 Å². The Labute approximate surface area is 188 Å². The van der Waals surface area contributed by atoms with E-state index in [9.17, 15) is 4.79 Å². The third-order valence-corrected chi connectivity index (χ3v) is 5.53. The predicted octanol–water partition coefficient (Wildman–Crippen LogP) is 4.29. The number of methoxy groups -OCH3 is 1. The zero-order valence-electron chi connectivity index (χ0n) is 18.3. The fourth-order valence-electron chi connectivity index (χ4n) is 3.82. The van der Waals surface area contributed by atoms with Gasteiger partial charge >= 0.3 is 6.01 Å². The first-order chi connectivity index (χ1) is 15.7. The number of ether oxygens (including phenoxy) is 1. The number of rotatable bonds is 9. The predicted molar refractivity (Wildman–Crippen MR) is 124 cm³/mol. The van der Waals surface area contributed by atoms with E-state index in [1.165, 1.54) is 32.4 Å². The maximum atomic E-state index is 12.4. The zero-order chi connectivity index (χ0) is 22.2. The molecular weight excluding hydrogens is 406 g/mol. The first-order valence-corrected chi connectivity index (χ1v) is 11.1. The van der Waals surface area contributed by atoms with Crippen LogP contribution in [0.25, 0.3) is 11.5 Å². The summed E-state index contributed by atoms with van der Waals surface area (Å²) in [6, 6.07) is 14.8. The molecule has 0 atom stereocenters. The van der Waals surface area contributed by atoms with Crippen LogP contribution in [0, 0.1) is 0 Å². The molecule has 0 spiro atoms. The SMILES string of the molecule is COc1cc(NC(=O)c2ccccc2)ccc1-c1nnc(NCCCN2CCCCC2)o1. The quantitative estimate of drug-likeness (QED) is 0.485. The van der Waals surface area contributed by atoms with Crippen LogP contribution in [0.4, 0.5) is 11.7 Å². The van der Waals surface area contributed by atoms with Crippen LogP contribution in [-0.2, 0) is 0 Å². The molecule has 168 valence electrons. The highest BCUT2D eigenvalue weighted by Gasteiger charge is 2.16. The fraction of sp³-hybridized carbons (Fsp3) is 0.375. The number of nitrogens with zero attached hydrogens (tertiary/aromatic N) is 3. The molecular formula is C24H29N5O3. The van der Waals surface area contributed by atoms with Gasteiger partial charge in [0.15, 0.2) is 0 Å². The molecule has 2 N–H and O–H groups in total. The van der Waals surface area contributed by atoms with Gasteiger partial charge in [0.1, 0.15) is 5.75 Å². The summed E-state index contributed by atoms with van der Waals surface area (Å²) < 4.78 is 11.3. The van der Waals surface area contributed by atoms with Crippen molar-refractivity contribution in [2.75, 3.05) is 43.9 Å². The number of carbonyl (C=O) groups is 1. The number of amides is 1. The van der Waals surface area contributed by atoms with Gasteiger partial charge in [0, 0.05) is 23.9 Å². The summed E-state index contributed by atoms with van der Waals surface area (Å²) in [5.41, 5.74) is 1.87. The second-order valence-electron chi connectivity index (χ2n) is 7.83. The molecule has 1 aromatic heterocycles. The Bertz CT molecular complexity index is 1020. The number of anilines is 2. The van der Waals surface area contributed by atoms with Gasteiger partial charge < -0.3 is 24.7 Å². The van der Waals surface area contributed by atoms with Crippen LogP contribution in [0.15, 0.2) is 52.9 Å². The lowest BCUT2D eigenvalue weighted by atomic mass is 10.1. The van der Waals surface area contributed by atoms with E-state index in [1.807, 2.05) is 18.2 Å². The number of aromatic nitrogens is 2. The van der Waals surface area contributed by atoms with Gasteiger partial charge in [0.25, 0.3) is 11.8 Å². The molecule has 4 rings (SSSR count). The lowest BCUT2D eigenvalue weighted by molar-refractivity contribution is 0.102. The van der Waals surface area contributed by atoms with Crippen molar-refractivity contribution in [2.45, 2.75) is 25.7 Å². The Kier molecular flexibility index (Phi) is 7.34. The molecule has 1 aliphatic heterocycles.